The maximum atomic E-state index is 11.4. The van der Waals surface area contributed by atoms with Crippen molar-refractivity contribution in [3.8, 4) is 6.07 Å². The van der Waals surface area contributed by atoms with Gasteiger partial charge in [-0.25, -0.2) is 4.79 Å². The van der Waals surface area contributed by atoms with Crippen molar-refractivity contribution in [1.29, 1.82) is 5.26 Å². The third-order valence-electron chi connectivity index (χ3n) is 2.21. The molecule has 1 aromatic carbocycles. The third kappa shape index (κ3) is 4.14. The van der Waals surface area contributed by atoms with E-state index in [1.165, 1.54) is 6.92 Å². The van der Waals surface area contributed by atoms with E-state index < -0.39 is 18.0 Å². The molecule has 0 fully saturated rings. The molecule has 0 unspecified atom stereocenters. The minimum Gasteiger partial charge on any atom is -0.480 e. The van der Waals surface area contributed by atoms with Crippen molar-refractivity contribution in [2.45, 2.75) is 19.4 Å². The van der Waals surface area contributed by atoms with Crippen LogP contribution >= 0.6 is 0 Å². The van der Waals surface area contributed by atoms with Crippen molar-refractivity contribution < 1.29 is 14.7 Å². The Bertz CT molecular complexity index is 476. The van der Waals surface area contributed by atoms with Gasteiger partial charge in [-0.3, -0.25) is 4.79 Å². The second kappa shape index (κ2) is 6.25. The molecule has 0 aliphatic carbocycles. The molecule has 0 bridgehead atoms. The molecular formula is C12H13N3O3. The molecule has 0 spiro atoms. The first-order valence-corrected chi connectivity index (χ1v) is 5.29. The second-order valence-corrected chi connectivity index (χ2v) is 3.69. The standard InChI is InChI=1S/C12H13N3O3/c1-8(11(16)17)14-12(18)15-10-4-2-9(3-5-10)6-7-13/h2-5,8H,6H2,1H3,(H,16,17)(H2,14,15,18)/t8-/m0/s1. The van der Waals surface area contributed by atoms with Gasteiger partial charge in [0.25, 0.3) is 0 Å². The number of hydrogen-bond donors (Lipinski definition) is 3. The highest BCUT2D eigenvalue weighted by molar-refractivity contribution is 5.92. The molecule has 1 rings (SSSR count). The van der Waals surface area contributed by atoms with Crippen LogP contribution < -0.4 is 10.6 Å². The van der Waals surface area contributed by atoms with E-state index in [1.54, 1.807) is 24.3 Å². The first-order chi connectivity index (χ1) is 8.52. The number of amides is 2. The zero-order valence-corrected chi connectivity index (χ0v) is 9.80. The van der Waals surface area contributed by atoms with E-state index in [2.05, 4.69) is 10.6 Å². The summed E-state index contributed by atoms with van der Waals surface area (Å²) in [6.45, 7) is 1.37. The monoisotopic (exact) mass is 247 g/mol. The number of carboxylic acids is 1. The summed E-state index contributed by atoms with van der Waals surface area (Å²) in [7, 11) is 0. The molecule has 0 saturated carbocycles. The number of anilines is 1. The predicted octanol–water partition coefficient (Wildman–Crippen LogP) is 1.35. The maximum absolute atomic E-state index is 11.4. The topological polar surface area (TPSA) is 102 Å². The van der Waals surface area contributed by atoms with Crippen LogP contribution in [0.4, 0.5) is 10.5 Å². The Morgan fingerprint density at radius 2 is 2.00 bits per heavy atom. The molecule has 2 amide bonds. The molecule has 94 valence electrons. The molecular weight excluding hydrogens is 234 g/mol. The summed E-state index contributed by atoms with van der Waals surface area (Å²) < 4.78 is 0. The summed E-state index contributed by atoms with van der Waals surface area (Å²) in [6, 6.07) is 7.22. The van der Waals surface area contributed by atoms with Crippen LogP contribution in [0.3, 0.4) is 0 Å². The number of hydrogen-bond acceptors (Lipinski definition) is 3. The third-order valence-corrected chi connectivity index (χ3v) is 2.21. The van der Waals surface area contributed by atoms with Gasteiger partial charge in [-0.05, 0) is 24.6 Å². The average molecular weight is 247 g/mol. The van der Waals surface area contributed by atoms with Gasteiger partial charge in [0, 0.05) is 5.69 Å². The van der Waals surface area contributed by atoms with E-state index in [9.17, 15) is 9.59 Å². The Kier molecular flexibility index (Phi) is 4.69. The zero-order valence-electron chi connectivity index (χ0n) is 9.80. The summed E-state index contributed by atoms with van der Waals surface area (Å²) in [5.74, 6) is -1.10. The van der Waals surface area contributed by atoms with Crippen LogP contribution in [-0.2, 0) is 11.2 Å². The maximum Gasteiger partial charge on any atom is 0.325 e. The van der Waals surface area contributed by atoms with Crippen molar-refractivity contribution in [3.63, 3.8) is 0 Å². The van der Waals surface area contributed by atoms with Gasteiger partial charge < -0.3 is 15.7 Å². The van der Waals surface area contributed by atoms with Gasteiger partial charge in [-0.15, -0.1) is 0 Å². The number of urea groups is 1. The van der Waals surface area contributed by atoms with E-state index in [-0.39, 0.29) is 0 Å². The first-order valence-electron chi connectivity index (χ1n) is 5.29. The second-order valence-electron chi connectivity index (χ2n) is 3.69. The average Bonchev–Trinajstić information content (AvgIpc) is 2.31. The summed E-state index contributed by atoms with van der Waals surface area (Å²) in [5, 5.41) is 21.9. The number of carboxylic acid groups (broad SMARTS) is 1. The molecule has 18 heavy (non-hydrogen) atoms. The fourth-order valence-corrected chi connectivity index (χ4v) is 1.22. The molecule has 0 aliphatic rings. The van der Waals surface area contributed by atoms with Crippen molar-refractivity contribution >= 4 is 17.7 Å². The number of nitrogens with one attached hydrogen (secondary N) is 2. The van der Waals surface area contributed by atoms with Gasteiger partial charge in [-0.1, -0.05) is 12.1 Å². The van der Waals surface area contributed by atoms with Crippen LogP contribution in [0.15, 0.2) is 24.3 Å². The summed E-state index contributed by atoms with van der Waals surface area (Å²) in [4.78, 5) is 21.9. The molecule has 0 aromatic heterocycles. The van der Waals surface area contributed by atoms with E-state index in [4.69, 9.17) is 10.4 Å². The fraction of sp³-hybridized carbons (Fsp3) is 0.250. The van der Waals surface area contributed by atoms with Crippen molar-refractivity contribution in [3.05, 3.63) is 29.8 Å². The number of carbonyl (C=O) groups excluding carboxylic acids is 1. The largest absolute Gasteiger partial charge is 0.480 e. The van der Waals surface area contributed by atoms with Gasteiger partial charge in [0.15, 0.2) is 0 Å². The number of nitriles is 1. The molecule has 0 radical (unpaired) electrons. The zero-order chi connectivity index (χ0) is 13.5. The quantitative estimate of drug-likeness (QED) is 0.747. The van der Waals surface area contributed by atoms with E-state index >= 15 is 0 Å². The number of benzene rings is 1. The smallest absolute Gasteiger partial charge is 0.325 e. The van der Waals surface area contributed by atoms with Crippen molar-refractivity contribution in [2.24, 2.45) is 0 Å². The number of carbonyl (C=O) groups is 2. The Labute approximate surface area is 104 Å². The number of aliphatic carboxylic acids is 1. The van der Waals surface area contributed by atoms with E-state index in [0.29, 0.717) is 12.1 Å². The van der Waals surface area contributed by atoms with Crippen LogP contribution in [-0.4, -0.2) is 23.1 Å². The summed E-state index contributed by atoms with van der Waals surface area (Å²) in [6.07, 6.45) is 0.308. The Balaban J connectivity index is 2.55. The Morgan fingerprint density at radius 3 is 2.50 bits per heavy atom. The highest BCUT2D eigenvalue weighted by Gasteiger charge is 2.13. The van der Waals surface area contributed by atoms with Gasteiger partial charge >= 0.3 is 12.0 Å². The highest BCUT2D eigenvalue weighted by Crippen LogP contribution is 2.09. The van der Waals surface area contributed by atoms with Crippen LogP contribution in [0, 0.1) is 11.3 Å². The van der Waals surface area contributed by atoms with Gasteiger partial charge in [0.05, 0.1) is 12.5 Å². The molecule has 3 N–H and O–H groups in total. The SMILES string of the molecule is C[C@H](NC(=O)Nc1ccc(CC#N)cc1)C(=O)O. The first kappa shape index (κ1) is 13.5. The predicted molar refractivity (Wildman–Crippen MR) is 65.0 cm³/mol. The van der Waals surface area contributed by atoms with E-state index in [0.717, 1.165) is 5.56 Å². The minimum atomic E-state index is -1.10. The van der Waals surface area contributed by atoms with Crippen LogP contribution in [0.5, 0.6) is 0 Å². The molecule has 6 nitrogen and oxygen atoms in total. The lowest BCUT2D eigenvalue weighted by molar-refractivity contribution is -0.138. The lowest BCUT2D eigenvalue weighted by Crippen LogP contribution is -2.40. The molecule has 1 aromatic rings. The van der Waals surface area contributed by atoms with Crippen LogP contribution in [0.25, 0.3) is 0 Å². The fourth-order valence-electron chi connectivity index (χ4n) is 1.22. The van der Waals surface area contributed by atoms with Crippen LogP contribution in [0.1, 0.15) is 12.5 Å². The number of rotatable bonds is 4. The van der Waals surface area contributed by atoms with Crippen molar-refractivity contribution in [1.82, 2.24) is 5.32 Å². The Hall–Kier alpha value is -2.55. The van der Waals surface area contributed by atoms with Crippen molar-refractivity contribution in [2.75, 3.05) is 5.32 Å². The normalized spacial score (nSPS) is 11.1. The lowest BCUT2D eigenvalue weighted by atomic mass is 10.1. The summed E-state index contributed by atoms with van der Waals surface area (Å²) in [5.41, 5.74) is 1.38. The molecule has 1 atom stereocenters. The van der Waals surface area contributed by atoms with Gasteiger partial charge in [0.2, 0.25) is 0 Å². The molecule has 0 aliphatic heterocycles. The molecule has 6 heteroatoms. The van der Waals surface area contributed by atoms with Crippen LogP contribution in [0.2, 0.25) is 0 Å². The Morgan fingerprint density at radius 1 is 1.39 bits per heavy atom. The lowest BCUT2D eigenvalue weighted by Gasteiger charge is -2.10. The highest BCUT2D eigenvalue weighted by atomic mass is 16.4. The van der Waals surface area contributed by atoms with Gasteiger partial charge in [0.1, 0.15) is 6.04 Å². The summed E-state index contributed by atoms with van der Waals surface area (Å²) >= 11 is 0. The van der Waals surface area contributed by atoms with E-state index in [1.807, 2.05) is 6.07 Å². The molecule has 0 saturated heterocycles. The number of nitrogens with zero attached hydrogens (tertiary/aromatic N) is 1. The molecule has 0 heterocycles. The minimum absolute atomic E-state index is 0.308. The van der Waals surface area contributed by atoms with Gasteiger partial charge in [-0.2, -0.15) is 5.26 Å².